The number of nitrogens with zero attached hydrogens (tertiary/aromatic N) is 2. The van der Waals surface area contributed by atoms with E-state index in [2.05, 4.69) is 35.0 Å². The highest BCUT2D eigenvalue weighted by molar-refractivity contribution is 5.40. The van der Waals surface area contributed by atoms with Crippen molar-refractivity contribution in [2.45, 2.75) is 44.8 Å². The van der Waals surface area contributed by atoms with Crippen LogP contribution < -0.4 is 0 Å². The number of hydrogen-bond donors (Lipinski definition) is 1. The topological polar surface area (TPSA) is 26.7 Å². The van der Waals surface area contributed by atoms with Crippen LogP contribution in [0.15, 0.2) is 23.8 Å². The fourth-order valence-corrected chi connectivity index (χ4v) is 4.74. The highest BCUT2D eigenvalue weighted by atomic mass is 16.3. The number of rotatable bonds is 3. The van der Waals surface area contributed by atoms with Crippen LogP contribution >= 0.6 is 0 Å². The Balaban J connectivity index is 1.38. The second kappa shape index (κ2) is 5.22. The second-order valence-electron chi connectivity index (χ2n) is 7.47. The Labute approximate surface area is 128 Å². The summed E-state index contributed by atoms with van der Waals surface area (Å²) in [7, 11) is 0. The lowest BCUT2D eigenvalue weighted by Gasteiger charge is -2.36. The molecule has 0 spiro atoms. The van der Waals surface area contributed by atoms with Crippen LogP contribution in [0.1, 0.15) is 32.6 Å². The maximum atomic E-state index is 9.64. The molecule has 0 aromatic carbocycles. The molecule has 1 N–H and O–H groups in total. The number of piperidine rings is 2. The Morgan fingerprint density at radius 3 is 2.76 bits per heavy atom. The largest absolute Gasteiger partial charge is 0.393 e. The van der Waals surface area contributed by atoms with Crippen molar-refractivity contribution in [2.75, 3.05) is 32.7 Å². The third kappa shape index (κ3) is 2.39. The summed E-state index contributed by atoms with van der Waals surface area (Å²) < 4.78 is 0. The SMILES string of the molecule is CCN1CC2CC2(C2=CCC(N3CCC(O)CC3)C=C2)C1. The van der Waals surface area contributed by atoms with Crippen molar-refractivity contribution in [3.63, 3.8) is 0 Å². The van der Waals surface area contributed by atoms with Gasteiger partial charge < -0.3 is 10.0 Å². The maximum absolute atomic E-state index is 9.64. The minimum absolute atomic E-state index is 0.0652. The summed E-state index contributed by atoms with van der Waals surface area (Å²) in [5.41, 5.74) is 2.15. The van der Waals surface area contributed by atoms with Crippen LogP contribution in [0.3, 0.4) is 0 Å². The summed E-state index contributed by atoms with van der Waals surface area (Å²) in [6, 6.07) is 0.568. The predicted molar refractivity (Wildman–Crippen MR) is 85.1 cm³/mol. The summed E-state index contributed by atoms with van der Waals surface area (Å²) in [6.07, 6.45) is 11.8. The summed E-state index contributed by atoms with van der Waals surface area (Å²) in [6.45, 7) is 8.19. The number of hydrogen-bond acceptors (Lipinski definition) is 3. The number of likely N-dealkylation sites (tertiary alicyclic amines) is 2. The molecule has 2 aliphatic heterocycles. The molecule has 3 nitrogen and oxygen atoms in total. The van der Waals surface area contributed by atoms with Gasteiger partial charge in [-0.25, -0.2) is 0 Å². The molecule has 2 saturated heterocycles. The van der Waals surface area contributed by atoms with Crippen LogP contribution in [-0.4, -0.2) is 59.8 Å². The van der Waals surface area contributed by atoms with Gasteiger partial charge in [0.05, 0.1) is 6.10 Å². The predicted octanol–water partition coefficient (Wildman–Crippen LogP) is 2.04. The smallest absolute Gasteiger partial charge is 0.0564 e. The minimum Gasteiger partial charge on any atom is -0.393 e. The summed E-state index contributed by atoms with van der Waals surface area (Å²) in [5.74, 6) is 0.926. The van der Waals surface area contributed by atoms with E-state index in [4.69, 9.17) is 0 Å². The van der Waals surface area contributed by atoms with Crippen molar-refractivity contribution in [3.05, 3.63) is 23.8 Å². The zero-order chi connectivity index (χ0) is 14.4. The van der Waals surface area contributed by atoms with E-state index in [0.717, 1.165) is 31.8 Å². The van der Waals surface area contributed by atoms with Crippen molar-refractivity contribution in [1.29, 1.82) is 0 Å². The molecular weight excluding hydrogens is 260 g/mol. The lowest BCUT2D eigenvalue weighted by atomic mass is 9.88. The number of aliphatic hydroxyl groups is 1. The van der Waals surface area contributed by atoms with E-state index < -0.39 is 0 Å². The van der Waals surface area contributed by atoms with E-state index in [1.807, 2.05) is 0 Å². The van der Waals surface area contributed by atoms with E-state index in [9.17, 15) is 5.11 Å². The van der Waals surface area contributed by atoms with Crippen LogP contribution in [0, 0.1) is 11.3 Å². The van der Waals surface area contributed by atoms with Gasteiger partial charge in [0.25, 0.3) is 0 Å². The first-order chi connectivity index (χ1) is 10.2. The van der Waals surface area contributed by atoms with Gasteiger partial charge in [-0.3, -0.25) is 4.90 Å². The van der Waals surface area contributed by atoms with Crippen LogP contribution in [0.2, 0.25) is 0 Å². The van der Waals surface area contributed by atoms with Crippen molar-refractivity contribution < 1.29 is 5.11 Å². The first-order valence-corrected chi connectivity index (χ1v) is 8.74. The van der Waals surface area contributed by atoms with Gasteiger partial charge in [0.2, 0.25) is 0 Å². The number of allylic oxidation sites excluding steroid dienone is 1. The molecule has 0 aromatic heterocycles. The third-order valence-electron chi connectivity index (χ3n) is 6.28. The summed E-state index contributed by atoms with van der Waals surface area (Å²) in [4.78, 5) is 5.16. The van der Waals surface area contributed by atoms with Crippen LogP contribution in [0.4, 0.5) is 0 Å². The van der Waals surface area contributed by atoms with Crippen LogP contribution in [0.5, 0.6) is 0 Å². The molecule has 0 bridgehead atoms. The molecule has 0 amide bonds. The van der Waals surface area contributed by atoms with Gasteiger partial charge >= 0.3 is 0 Å². The second-order valence-corrected chi connectivity index (χ2v) is 7.47. The van der Waals surface area contributed by atoms with Gasteiger partial charge in [-0.1, -0.05) is 25.2 Å². The first kappa shape index (κ1) is 14.0. The molecule has 0 aromatic rings. The molecule has 1 saturated carbocycles. The maximum Gasteiger partial charge on any atom is 0.0564 e. The molecule has 4 rings (SSSR count). The molecule has 116 valence electrons. The van der Waals surface area contributed by atoms with E-state index >= 15 is 0 Å². The lowest BCUT2D eigenvalue weighted by molar-refractivity contribution is 0.0706. The Morgan fingerprint density at radius 2 is 2.14 bits per heavy atom. The zero-order valence-electron chi connectivity index (χ0n) is 13.2. The van der Waals surface area contributed by atoms with E-state index in [-0.39, 0.29) is 6.10 Å². The molecule has 3 unspecified atom stereocenters. The fraction of sp³-hybridized carbons (Fsp3) is 0.778. The van der Waals surface area contributed by atoms with Gasteiger partial charge in [-0.15, -0.1) is 0 Å². The Kier molecular flexibility index (Phi) is 3.48. The third-order valence-corrected chi connectivity index (χ3v) is 6.28. The first-order valence-electron chi connectivity index (χ1n) is 8.74. The van der Waals surface area contributed by atoms with Gasteiger partial charge in [-0.2, -0.15) is 0 Å². The molecule has 0 radical (unpaired) electrons. The van der Waals surface area contributed by atoms with Gasteiger partial charge in [-0.05, 0) is 43.7 Å². The number of fused-ring (bicyclic) bond motifs is 1. The van der Waals surface area contributed by atoms with Gasteiger partial charge in [0.15, 0.2) is 0 Å². The quantitative estimate of drug-likeness (QED) is 0.861. The molecule has 3 heteroatoms. The van der Waals surface area contributed by atoms with Crippen molar-refractivity contribution in [1.82, 2.24) is 9.80 Å². The standard InChI is InChI=1S/C18H28N2O/c1-2-19-12-15-11-18(15,13-19)14-3-5-16(6-4-14)20-9-7-17(21)8-10-20/h3-5,15-17,21H,2,6-13H2,1H3. The van der Waals surface area contributed by atoms with Crippen LogP contribution in [-0.2, 0) is 0 Å². The average molecular weight is 288 g/mol. The monoisotopic (exact) mass is 288 g/mol. The number of aliphatic hydroxyl groups excluding tert-OH is 1. The highest BCUT2D eigenvalue weighted by Gasteiger charge is 2.60. The normalized spacial score (nSPS) is 41.1. The highest BCUT2D eigenvalue weighted by Crippen LogP contribution is 2.62. The van der Waals surface area contributed by atoms with E-state index in [1.165, 1.54) is 32.5 Å². The fourth-order valence-electron chi connectivity index (χ4n) is 4.74. The Morgan fingerprint density at radius 1 is 1.33 bits per heavy atom. The summed E-state index contributed by atoms with van der Waals surface area (Å²) >= 11 is 0. The van der Waals surface area contributed by atoms with Crippen molar-refractivity contribution in [2.24, 2.45) is 11.3 Å². The lowest BCUT2D eigenvalue weighted by Crippen LogP contribution is -2.42. The molecule has 3 fully saturated rings. The molecule has 2 heterocycles. The molecule has 4 aliphatic rings. The molecule has 2 aliphatic carbocycles. The average Bonchev–Trinajstić information content (AvgIpc) is 3.10. The summed E-state index contributed by atoms with van der Waals surface area (Å²) in [5, 5.41) is 9.64. The zero-order valence-corrected chi connectivity index (χ0v) is 13.2. The van der Waals surface area contributed by atoms with Crippen LogP contribution in [0.25, 0.3) is 0 Å². The van der Waals surface area contributed by atoms with E-state index in [0.29, 0.717) is 11.5 Å². The van der Waals surface area contributed by atoms with Crippen molar-refractivity contribution >= 4 is 0 Å². The van der Waals surface area contributed by atoms with Gasteiger partial charge in [0.1, 0.15) is 0 Å². The van der Waals surface area contributed by atoms with Gasteiger partial charge in [0, 0.05) is 37.6 Å². The Hall–Kier alpha value is -0.640. The molecule has 3 atom stereocenters. The van der Waals surface area contributed by atoms with E-state index in [1.54, 1.807) is 5.57 Å². The van der Waals surface area contributed by atoms with Crippen molar-refractivity contribution in [3.8, 4) is 0 Å². The Bertz CT molecular complexity index is 464. The minimum atomic E-state index is -0.0652. The molecular formula is C18H28N2O. The molecule has 21 heavy (non-hydrogen) atoms.